The van der Waals surface area contributed by atoms with Crippen LogP contribution in [0.2, 0.25) is 0 Å². The molecule has 2 atom stereocenters. The Labute approximate surface area is 156 Å². The van der Waals surface area contributed by atoms with Gasteiger partial charge < -0.3 is 14.2 Å². The number of hydrogen-bond acceptors (Lipinski definition) is 3. The maximum Gasteiger partial charge on any atom is 0.0644 e. The van der Waals surface area contributed by atoms with Crippen LogP contribution in [0.5, 0.6) is 0 Å². The second-order valence-electron chi connectivity index (χ2n) is 8.93. The Balaban J connectivity index is 1.72. The van der Waals surface area contributed by atoms with Gasteiger partial charge in [0.2, 0.25) is 0 Å². The largest absolute Gasteiger partial charge is 0.379 e. The van der Waals surface area contributed by atoms with Crippen molar-refractivity contribution >= 4 is 0 Å². The molecule has 3 heteroatoms. The summed E-state index contributed by atoms with van der Waals surface area (Å²) in [6, 6.07) is 0. The summed E-state index contributed by atoms with van der Waals surface area (Å²) >= 11 is 0. The molecule has 0 aromatic carbocycles. The number of rotatable bonds is 11. The van der Waals surface area contributed by atoms with Gasteiger partial charge in [-0.15, -0.1) is 0 Å². The van der Waals surface area contributed by atoms with Gasteiger partial charge in [-0.25, -0.2) is 0 Å². The lowest BCUT2D eigenvalue weighted by Crippen LogP contribution is -2.30. The Morgan fingerprint density at radius 1 is 0.840 bits per heavy atom. The molecule has 2 saturated carbocycles. The lowest BCUT2D eigenvalue weighted by molar-refractivity contribution is -0.0589. The quantitative estimate of drug-likeness (QED) is 0.472. The third-order valence-electron chi connectivity index (χ3n) is 6.61. The molecule has 3 nitrogen and oxygen atoms in total. The molecule has 0 heterocycles. The molecule has 0 aromatic heterocycles. The highest BCUT2D eigenvalue weighted by atomic mass is 16.5. The van der Waals surface area contributed by atoms with Gasteiger partial charge in [0.1, 0.15) is 0 Å². The highest BCUT2D eigenvalue weighted by Crippen LogP contribution is 2.32. The summed E-state index contributed by atoms with van der Waals surface area (Å²) in [7, 11) is 1.79. The lowest BCUT2D eigenvalue weighted by atomic mass is 9.86. The van der Waals surface area contributed by atoms with E-state index in [1.807, 2.05) is 0 Å². The van der Waals surface area contributed by atoms with Gasteiger partial charge in [0, 0.05) is 20.3 Å². The zero-order chi connectivity index (χ0) is 18.1. The molecule has 0 saturated heterocycles. The van der Waals surface area contributed by atoms with Crippen LogP contribution in [0.15, 0.2) is 0 Å². The van der Waals surface area contributed by atoms with Crippen LogP contribution in [0, 0.1) is 11.8 Å². The van der Waals surface area contributed by atoms with E-state index in [2.05, 4.69) is 20.8 Å². The van der Waals surface area contributed by atoms with E-state index >= 15 is 0 Å². The Kier molecular flexibility index (Phi) is 9.23. The summed E-state index contributed by atoms with van der Waals surface area (Å²) in [5.74, 6) is 1.52. The highest BCUT2D eigenvalue weighted by molar-refractivity contribution is 4.78. The fourth-order valence-electron chi connectivity index (χ4n) is 4.45. The second kappa shape index (κ2) is 10.9. The van der Waals surface area contributed by atoms with Crippen LogP contribution in [-0.2, 0) is 14.2 Å². The first kappa shape index (κ1) is 21.2. The van der Waals surface area contributed by atoms with Gasteiger partial charge in [-0.2, -0.15) is 0 Å². The van der Waals surface area contributed by atoms with E-state index in [0.29, 0.717) is 12.2 Å². The molecule has 0 radical (unpaired) electrons. The predicted molar refractivity (Wildman–Crippen MR) is 104 cm³/mol. The Morgan fingerprint density at radius 3 is 2.08 bits per heavy atom. The average Bonchev–Trinajstić information content (AvgIpc) is 3.15. The molecule has 2 aliphatic carbocycles. The maximum atomic E-state index is 6.33. The number of hydrogen-bond donors (Lipinski definition) is 0. The number of methoxy groups -OCH3 is 1. The first-order valence-electron chi connectivity index (χ1n) is 10.8. The summed E-state index contributed by atoms with van der Waals surface area (Å²) in [6.45, 7) is 8.20. The van der Waals surface area contributed by atoms with Crippen molar-refractivity contribution in [2.24, 2.45) is 11.8 Å². The van der Waals surface area contributed by atoms with E-state index in [-0.39, 0.29) is 5.60 Å². The minimum Gasteiger partial charge on any atom is -0.379 e. The summed E-state index contributed by atoms with van der Waals surface area (Å²) in [5, 5.41) is 0. The minimum absolute atomic E-state index is 0.0910. The van der Waals surface area contributed by atoms with Crippen molar-refractivity contribution in [3.05, 3.63) is 0 Å². The average molecular weight is 355 g/mol. The molecule has 2 fully saturated rings. The molecular formula is C22H42O3. The maximum absolute atomic E-state index is 6.33. The first-order valence-corrected chi connectivity index (χ1v) is 10.8. The van der Waals surface area contributed by atoms with E-state index in [0.717, 1.165) is 37.9 Å². The molecule has 2 aliphatic rings. The van der Waals surface area contributed by atoms with Crippen molar-refractivity contribution in [2.75, 3.05) is 20.3 Å². The molecule has 25 heavy (non-hydrogen) atoms. The third kappa shape index (κ3) is 7.56. The van der Waals surface area contributed by atoms with E-state index in [9.17, 15) is 0 Å². The van der Waals surface area contributed by atoms with Gasteiger partial charge in [-0.1, -0.05) is 32.1 Å². The highest BCUT2D eigenvalue weighted by Gasteiger charge is 2.27. The lowest BCUT2D eigenvalue weighted by Gasteiger charge is -2.30. The summed E-state index contributed by atoms with van der Waals surface area (Å²) in [4.78, 5) is 0. The van der Waals surface area contributed by atoms with Crippen molar-refractivity contribution in [1.82, 2.24) is 0 Å². The van der Waals surface area contributed by atoms with E-state index in [4.69, 9.17) is 14.2 Å². The zero-order valence-corrected chi connectivity index (χ0v) is 17.2. The first-order chi connectivity index (χ1) is 12.0. The molecule has 0 N–H and O–H groups in total. The summed E-state index contributed by atoms with van der Waals surface area (Å²) in [5.41, 5.74) is -0.0910. The zero-order valence-electron chi connectivity index (χ0n) is 17.2. The molecule has 0 aliphatic heterocycles. The SMILES string of the molecule is COC(C)(C)CCOC(CCO[C@@H](C)C1CCCCC1)C1CCCC1. The van der Waals surface area contributed by atoms with E-state index in [1.54, 1.807) is 7.11 Å². The summed E-state index contributed by atoms with van der Waals surface area (Å²) < 4.78 is 18.1. The standard InChI is InChI=1S/C22H42O3/c1-18(19-10-6-5-7-11-19)24-16-14-21(20-12-8-9-13-20)25-17-15-22(2,3)23-4/h18-21H,5-17H2,1-4H3/t18-,21?/m0/s1. The second-order valence-corrected chi connectivity index (χ2v) is 8.93. The normalized spacial score (nSPS) is 23.0. The van der Waals surface area contributed by atoms with Gasteiger partial charge in [0.05, 0.1) is 17.8 Å². The van der Waals surface area contributed by atoms with Crippen molar-refractivity contribution in [1.29, 1.82) is 0 Å². The van der Waals surface area contributed by atoms with Crippen molar-refractivity contribution in [3.8, 4) is 0 Å². The monoisotopic (exact) mass is 354 g/mol. The van der Waals surface area contributed by atoms with Gasteiger partial charge in [0.25, 0.3) is 0 Å². The molecule has 0 amide bonds. The Morgan fingerprint density at radius 2 is 1.44 bits per heavy atom. The Hall–Kier alpha value is -0.120. The van der Waals surface area contributed by atoms with Crippen molar-refractivity contribution < 1.29 is 14.2 Å². The molecule has 2 rings (SSSR count). The van der Waals surface area contributed by atoms with Crippen LogP contribution in [0.1, 0.15) is 91.4 Å². The van der Waals surface area contributed by atoms with Gasteiger partial charge in [-0.3, -0.25) is 0 Å². The molecule has 0 aromatic rings. The van der Waals surface area contributed by atoms with Crippen LogP contribution in [0.25, 0.3) is 0 Å². The fourth-order valence-corrected chi connectivity index (χ4v) is 4.45. The van der Waals surface area contributed by atoms with Gasteiger partial charge >= 0.3 is 0 Å². The minimum atomic E-state index is -0.0910. The molecular weight excluding hydrogens is 312 g/mol. The van der Waals surface area contributed by atoms with Crippen LogP contribution in [0.4, 0.5) is 0 Å². The topological polar surface area (TPSA) is 27.7 Å². The number of ether oxygens (including phenoxy) is 3. The van der Waals surface area contributed by atoms with Crippen molar-refractivity contribution in [3.63, 3.8) is 0 Å². The fraction of sp³-hybridized carbons (Fsp3) is 1.00. The molecule has 148 valence electrons. The van der Waals surface area contributed by atoms with Gasteiger partial charge in [-0.05, 0) is 71.1 Å². The van der Waals surface area contributed by atoms with Crippen LogP contribution in [-0.4, -0.2) is 38.1 Å². The molecule has 0 bridgehead atoms. The van der Waals surface area contributed by atoms with E-state index in [1.165, 1.54) is 57.8 Å². The van der Waals surface area contributed by atoms with E-state index < -0.39 is 0 Å². The summed E-state index contributed by atoms with van der Waals surface area (Å²) in [6.07, 6.45) is 15.1. The molecule has 1 unspecified atom stereocenters. The van der Waals surface area contributed by atoms with Crippen LogP contribution < -0.4 is 0 Å². The van der Waals surface area contributed by atoms with Crippen LogP contribution >= 0.6 is 0 Å². The smallest absolute Gasteiger partial charge is 0.0644 e. The third-order valence-corrected chi connectivity index (χ3v) is 6.61. The Bertz CT molecular complexity index is 343. The van der Waals surface area contributed by atoms with Crippen LogP contribution in [0.3, 0.4) is 0 Å². The van der Waals surface area contributed by atoms with Gasteiger partial charge in [0.15, 0.2) is 0 Å². The molecule has 0 spiro atoms. The van der Waals surface area contributed by atoms with Crippen molar-refractivity contribution in [2.45, 2.75) is 109 Å². The predicted octanol–water partition coefficient (Wildman–Crippen LogP) is 5.75.